The molecular weight excluding hydrogens is 206 g/mol. The van der Waals surface area contributed by atoms with E-state index in [1.807, 2.05) is 6.07 Å². The van der Waals surface area contributed by atoms with Crippen LogP contribution in [0.5, 0.6) is 0 Å². The van der Waals surface area contributed by atoms with Gasteiger partial charge < -0.3 is 6.15 Å². The van der Waals surface area contributed by atoms with Crippen LogP contribution in [-0.2, 0) is 0 Å². The Labute approximate surface area is 95.6 Å². The maximum absolute atomic E-state index is 6.30. The lowest BCUT2D eigenvalue weighted by Gasteiger charge is -2.11. The SMILES string of the molecule is Cc1c(C)c(Cl)c2ccccc2c1C.N. The molecule has 0 amide bonds. The number of hydrogen-bond acceptors (Lipinski definition) is 1. The average molecular weight is 222 g/mol. The molecule has 2 heteroatoms. The Morgan fingerprint density at radius 2 is 1.33 bits per heavy atom. The first-order chi connectivity index (χ1) is 6.63. The molecule has 2 rings (SSSR count). The van der Waals surface area contributed by atoms with E-state index in [2.05, 4.69) is 39.0 Å². The first-order valence-electron chi connectivity index (χ1n) is 4.77. The fraction of sp³-hybridized carbons (Fsp3) is 0.231. The lowest BCUT2D eigenvalue weighted by atomic mass is 9.96. The molecule has 0 spiro atoms. The van der Waals surface area contributed by atoms with Crippen LogP contribution in [0.15, 0.2) is 24.3 Å². The second-order valence-electron chi connectivity index (χ2n) is 3.73. The quantitative estimate of drug-likeness (QED) is 0.694. The predicted molar refractivity (Wildman–Crippen MR) is 68.2 cm³/mol. The molecule has 0 bridgehead atoms. The Morgan fingerprint density at radius 1 is 0.800 bits per heavy atom. The minimum Gasteiger partial charge on any atom is -0.344 e. The molecule has 15 heavy (non-hydrogen) atoms. The van der Waals surface area contributed by atoms with Crippen molar-refractivity contribution in [3.05, 3.63) is 46.0 Å². The molecule has 0 unspecified atom stereocenters. The maximum atomic E-state index is 6.30. The molecule has 80 valence electrons. The highest BCUT2D eigenvalue weighted by atomic mass is 35.5. The van der Waals surface area contributed by atoms with Crippen molar-refractivity contribution >= 4 is 22.4 Å². The smallest absolute Gasteiger partial charge is 0.0516 e. The van der Waals surface area contributed by atoms with Crippen LogP contribution in [-0.4, -0.2) is 0 Å². The average Bonchev–Trinajstić information content (AvgIpc) is 2.23. The van der Waals surface area contributed by atoms with E-state index in [1.165, 1.54) is 22.1 Å². The Kier molecular flexibility index (Phi) is 3.38. The summed E-state index contributed by atoms with van der Waals surface area (Å²) in [4.78, 5) is 0. The number of benzene rings is 2. The molecule has 0 aromatic heterocycles. The standard InChI is InChI=1S/C13H13Cl.H3N/c1-8-9(2)11-6-4-5-7-12(11)13(14)10(8)3;/h4-7H,1-3H3;1H3. The molecular formula is C13H16ClN. The van der Waals surface area contributed by atoms with E-state index in [-0.39, 0.29) is 6.15 Å². The summed E-state index contributed by atoms with van der Waals surface area (Å²) in [5.41, 5.74) is 3.83. The predicted octanol–water partition coefficient (Wildman–Crippen LogP) is 4.58. The van der Waals surface area contributed by atoms with Gasteiger partial charge in [0.2, 0.25) is 0 Å². The van der Waals surface area contributed by atoms with Crippen molar-refractivity contribution in [3.63, 3.8) is 0 Å². The molecule has 0 heterocycles. The molecule has 0 saturated heterocycles. The van der Waals surface area contributed by atoms with Crippen molar-refractivity contribution in [2.24, 2.45) is 0 Å². The van der Waals surface area contributed by atoms with Gasteiger partial charge >= 0.3 is 0 Å². The van der Waals surface area contributed by atoms with Gasteiger partial charge in [0.1, 0.15) is 0 Å². The highest BCUT2D eigenvalue weighted by Crippen LogP contribution is 2.32. The van der Waals surface area contributed by atoms with E-state index in [0.717, 1.165) is 10.4 Å². The number of halogens is 1. The zero-order valence-electron chi connectivity index (χ0n) is 9.39. The van der Waals surface area contributed by atoms with E-state index in [4.69, 9.17) is 11.6 Å². The molecule has 2 aromatic rings. The molecule has 0 aliphatic rings. The summed E-state index contributed by atoms with van der Waals surface area (Å²) in [6.45, 7) is 6.36. The lowest BCUT2D eigenvalue weighted by molar-refractivity contribution is 1.30. The number of aryl methyl sites for hydroxylation is 1. The van der Waals surface area contributed by atoms with Gasteiger partial charge in [0.15, 0.2) is 0 Å². The Hall–Kier alpha value is -1.05. The monoisotopic (exact) mass is 221 g/mol. The molecule has 3 N–H and O–H groups in total. The Balaban J connectivity index is 0.00000112. The topological polar surface area (TPSA) is 35.0 Å². The van der Waals surface area contributed by atoms with Gasteiger partial charge in [-0.25, -0.2) is 0 Å². The van der Waals surface area contributed by atoms with Crippen molar-refractivity contribution in [2.45, 2.75) is 20.8 Å². The van der Waals surface area contributed by atoms with Crippen LogP contribution >= 0.6 is 11.6 Å². The number of rotatable bonds is 0. The van der Waals surface area contributed by atoms with Gasteiger partial charge in [0, 0.05) is 5.39 Å². The van der Waals surface area contributed by atoms with Crippen LogP contribution < -0.4 is 6.15 Å². The van der Waals surface area contributed by atoms with Crippen molar-refractivity contribution in [3.8, 4) is 0 Å². The zero-order chi connectivity index (χ0) is 10.3. The fourth-order valence-electron chi connectivity index (χ4n) is 1.85. The summed E-state index contributed by atoms with van der Waals surface area (Å²) in [7, 11) is 0. The molecule has 0 aliphatic heterocycles. The second kappa shape index (κ2) is 4.21. The minimum absolute atomic E-state index is 0. The number of fused-ring (bicyclic) bond motifs is 1. The van der Waals surface area contributed by atoms with Crippen LogP contribution in [0.2, 0.25) is 5.02 Å². The third-order valence-electron chi connectivity index (χ3n) is 3.02. The third-order valence-corrected chi connectivity index (χ3v) is 3.51. The first-order valence-corrected chi connectivity index (χ1v) is 5.14. The third kappa shape index (κ3) is 1.73. The lowest BCUT2D eigenvalue weighted by Crippen LogP contribution is -1.90. The van der Waals surface area contributed by atoms with Crippen LogP contribution in [0.1, 0.15) is 16.7 Å². The van der Waals surface area contributed by atoms with Gasteiger partial charge in [-0.3, -0.25) is 0 Å². The van der Waals surface area contributed by atoms with Gasteiger partial charge in [-0.2, -0.15) is 0 Å². The van der Waals surface area contributed by atoms with E-state index < -0.39 is 0 Å². The summed E-state index contributed by atoms with van der Waals surface area (Å²) in [5, 5.41) is 3.32. The molecule has 0 radical (unpaired) electrons. The summed E-state index contributed by atoms with van der Waals surface area (Å²) < 4.78 is 0. The van der Waals surface area contributed by atoms with Crippen molar-refractivity contribution in [2.75, 3.05) is 0 Å². The first kappa shape index (κ1) is 12.0. The molecule has 0 atom stereocenters. The molecule has 0 saturated carbocycles. The van der Waals surface area contributed by atoms with Crippen LogP contribution in [0.4, 0.5) is 0 Å². The summed E-state index contributed by atoms with van der Waals surface area (Å²) in [6, 6.07) is 8.29. The van der Waals surface area contributed by atoms with Crippen molar-refractivity contribution < 1.29 is 0 Å². The minimum atomic E-state index is 0. The van der Waals surface area contributed by atoms with E-state index >= 15 is 0 Å². The summed E-state index contributed by atoms with van der Waals surface area (Å²) in [6.07, 6.45) is 0. The Morgan fingerprint density at radius 3 is 1.93 bits per heavy atom. The highest BCUT2D eigenvalue weighted by molar-refractivity contribution is 6.36. The van der Waals surface area contributed by atoms with E-state index in [0.29, 0.717) is 0 Å². The summed E-state index contributed by atoms with van der Waals surface area (Å²) >= 11 is 6.30. The zero-order valence-corrected chi connectivity index (χ0v) is 10.2. The highest BCUT2D eigenvalue weighted by Gasteiger charge is 2.08. The van der Waals surface area contributed by atoms with Gasteiger partial charge in [-0.05, 0) is 42.8 Å². The van der Waals surface area contributed by atoms with Gasteiger partial charge in [0.25, 0.3) is 0 Å². The molecule has 1 nitrogen and oxygen atoms in total. The molecule has 0 aliphatic carbocycles. The van der Waals surface area contributed by atoms with E-state index in [9.17, 15) is 0 Å². The molecule has 0 fully saturated rings. The van der Waals surface area contributed by atoms with Crippen molar-refractivity contribution in [1.29, 1.82) is 0 Å². The van der Waals surface area contributed by atoms with Crippen LogP contribution in [0, 0.1) is 20.8 Å². The largest absolute Gasteiger partial charge is 0.344 e. The van der Waals surface area contributed by atoms with Crippen LogP contribution in [0.3, 0.4) is 0 Å². The second-order valence-corrected chi connectivity index (χ2v) is 4.11. The fourth-order valence-corrected chi connectivity index (χ4v) is 2.16. The van der Waals surface area contributed by atoms with E-state index in [1.54, 1.807) is 0 Å². The Bertz CT molecular complexity index is 457. The summed E-state index contributed by atoms with van der Waals surface area (Å²) in [5.74, 6) is 0. The normalized spacial score (nSPS) is 10.1. The maximum Gasteiger partial charge on any atom is 0.0516 e. The molecule has 2 aromatic carbocycles. The number of hydrogen-bond donors (Lipinski definition) is 1. The van der Waals surface area contributed by atoms with Gasteiger partial charge in [0.05, 0.1) is 5.02 Å². The van der Waals surface area contributed by atoms with Crippen LogP contribution in [0.25, 0.3) is 10.8 Å². The van der Waals surface area contributed by atoms with Gasteiger partial charge in [-0.15, -0.1) is 0 Å². The van der Waals surface area contributed by atoms with Gasteiger partial charge in [-0.1, -0.05) is 35.9 Å². The van der Waals surface area contributed by atoms with Crippen molar-refractivity contribution in [1.82, 2.24) is 6.15 Å².